The van der Waals surface area contributed by atoms with Gasteiger partial charge in [-0.15, -0.1) is 0 Å². The number of aliphatic carboxylic acids is 1. The van der Waals surface area contributed by atoms with Crippen LogP contribution in [-0.2, 0) is 22.4 Å². The number of carboxylic acid groups (broad SMARTS) is 1. The maximum Gasteiger partial charge on any atom is 0.323 e. The Labute approximate surface area is 152 Å². The number of halogens is 1. The molecule has 1 amide bonds. The van der Waals surface area contributed by atoms with Crippen molar-refractivity contribution in [1.29, 1.82) is 0 Å². The molecule has 6 heteroatoms. The highest BCUT2D eigenvalue weighted by molar-refractivity contribution is 5.81. The lowest BCUT2D eigenvalue weighted by Crippen LogP contribution is -2.37. The molecule has 0 atom stereocenters. The zero-order valence-corrected chi connectivity index (χ0v) is 14.7. The second-order valence-corrected chi connectivity index (χ2v) is 5.88. The van der Waals surface area contributed by atoms with Gasteiger partial charge < -0.3 is 14.7 Å². The van der Waals surface area contributed by atoms with Crippen LogP contribution in [0.2, 0.25) is 0 Å². The molecular formula is C20H22FNO4. The molecule has 2 rings (SSSR count). The second kappa shape index (κ2) is 9.56. The number of carboxylic acids is 1. The third kappa shape index (κ3) is 5.58. The summed E-state index contributed by atoms with van der Waals surface area (Å²) in [7, 11) is 1.38. The highest BCUT2D eigenvalue weighted by atomic mass is 19.1. The quantitative estimate of drug-likeness (QED) is 0.748. The number of hydrogen-bond acceptors (Lipinski definition) is 3. The lowest BCUT2D eigenvalue weighted by atomic mass is 10.1. The van der Waals surface area contributed by atoms with Gasteiger partial charge >= 0.3 is 5.97 Å². The Morgan fingerprint density at radius 3 is 2.46 bits per heavy atom. The van der Waals surface area contributed by atoms with Gasteiger partial charge in [-0.3, -0.25) is 9.59 Å². The van der Waals surface area contributed by atoms with Crippen LogP contribution < -0.4 is 4.74 Å². The van der Waals surface area contributed by atoms with E-state index >= 15 is 0 Å². The summed E-state index contributed by atoms with van der Waals surface area (Å²) >= 11 is 0. The Kier molecular flexibility index (Phi) is 7.14. The molecule has 0 radical (unpaired) electrons. The SMILES string of the molecule is COc1cccc(CCC(=O)N(CCc2ccccc2)CC(=O)O)c1F. The fourth-order valence-corrected chi connectivity index (χ4v) is 2.67. The maximum absolute atomic E-state index is 14.2. The summed E-state index contributed by atoms with van der Waals surface area (Å²) in [6.45, 7) is -0.0675. The first kappa shape index (κ1) is 19.4. The highest BCUT2D eigenvalue weighted by Crippen LogP contribution is 2.21. The van der Waals surface area contributed by atoms with Crippen LogP contribution in [0.1, 0.15) is 17.5 Å². The van der Waals surface area contributed by atoms with Gasteiger partial charge in [0, 0.05) is 13.0 Å². The van der Waals surface area contributed by atoms with Crippen molar-refractivity contribution < 1.29 is 23.8 Å². The average molecular weight is 359 g/mol. The Morgan fingerprint density at radius 1 is 1.08 bits per heavy atom. The molecule has 2 aromatic carbocycles. The summed E-state index contributed by atoms with van der Waals surface area (Å²) in [5.74, 6) is -1.75. The van der Waals surface area contributed by atoms with Gasteiger partial charge in [-0.25, -0.2) is 4.39 Å². The summed E-state index contributed by atoms with van der Waals surface area (Å²) in [5.41, 5.74) is 1.39. The molecule has 0 saturated carbocycles. The van der Waals surface area contributed by atoms with Gasteiger partial charge in [0.25, 0.3) is 0 Å². The van der Waals surface area contributed by atoms with Crippen molar-refractivity contribution >= 4 is 11.9 Å². The third-order valence-electron chi connectivity index (χ3n) is 4.06. The van der Waals surface area contributed by atoms with Crippen molar-refractivity contribution in [3.63, 3.8) is 0 Å². The van der Waals surface area contributed by atoms with Crippen molar-refractivity contribution in [3.8, 4) is 5.75 Å². The first-order valence-corrected chi connectivity index (χ1v) is 8.36. The number of benzene rings is 2. The molecule has 0 unspecified atom stereocenters. The van der Waals surface area contributed by atoms with Gasteiger partial charge in [-0.05, 0) is 30.0 Å². The minimum Gasteiger partial charge on any atom is -0.494 e. The predicted molar refractivity (Wildman–Crippen MR) is 95.6 cm³/mol. The van der Waals surface area contributed by atoms with Crippen LogP contribution >= 0.6 is 0 Å². The van der Waals surface area contributed by atoms with E-state index in [-0.39, 0.29) is 31.0 Å². The molecule has 2 aromatic rings. The standard InChI is InChI=1S/C20H22FNO4/c1-26-17-9-5-8-16(20(17)21)10-11-18(23)22(14-19(24)25)13-12-15-6-3-2-4-7-15/h2-9H,10-14H2,1H3,(H,24,25). The largest absolute Gasteiger partial charge is 0.494 e. The number of amides is 1. The molecule has 0 fully saturated rings. The summed E-state index contributed by atoms with van der Waals surface area (Å²) in [5, 5.41) is 9.06. The van der Waals surface area contributed by atoms with Crippen LogP contribution in [0, 0.1) is 5.82 Å². The molecule has 0 bridgehead atoms. The molecule has 0 spiro atoms. The number of aryl methyl sites for hydroxylation is 1. The molecular weight excluding hydrogens is 337 g/mol. The molecule has 1 N–H and O–H groups in total. The van der Waals surface area contributed by atoms with E-state index in [9.17, 15) is 14.0 Å². The van der Waals surface area contributed by atoms with Gasteiger partial charge in [-0.1, -0.05) is 42.5 Å². The van der Waals surface area contributed by atoms with Gasteiger partial charge in [0.1, 0.15) is 6.54 Å². The Bertz CT molecular complexity index is 749. The highest BCUT2D eigenvalue weighted by Gasteiger charge is 2.18. The number of nitrogens with zero attached hydrogens (tertiary/aromatic N) is 1. The molecule has 0 heterocycles. The summed E-state index contributed by atoms with van der Waals surface area (Å²) < 4.78 is 19.1. The van der Waals surface area contributed by atoms with Crippen molar-refractivity contribution in [2.45, 2.75) is 19.3 Å². The van der Waals surface area contributed by atoms with E-state index in [1.54, 1.807) is 12.1 Å². The summed E-state index contributed by atoms with van der Waals surface area (Å²) in [6, 6.07) is 14.3. The summed E-state index contributed by atoms with van der Waals surface area (Å²) in [4.78, 5) is 24.8. The number of carbonyl (C=O) groups excluding carboxylic acids is 1. The van der Waals surface area contributed by atoms with E-state index in [2.05, 4.69) is 0 Å². The Balaban J connectivity index is 1.99. The maximum atomic E-state index is 14.2. The molecule has 0 aliphatic carbocycles. The van der Waals surface area contributed by atoms with Crippen LogP contribution in [-0.4, -0.2) is 42.1 Å². The van der Waals surface area contributed by atoms with E-state index in [0.29, 0.717) is 18.5 Å². The minimum absolute atomic E-state index is 0.0339. The van der Waals surface area contributed by atoms with Gasteiger partial charge in [0.2, 0.25) is 5.91 Å². The molecule has 0 aliphatic rings. The van der Waals surface area contributed by atoms with Crippen LogP contribution in [0.4, 0.5) is 4.39 Å². The van der Waals surface area contributed by atoms with Gasteiger partial charge in [-0.2, -0.15) is 0 Å². The van der Waals surface area contributed by atoms with E-state index in [0.717, 1.165) is 5.56 Å². The lowest BCUT2D eigenvalue weighted by Gasteiger charge is -2.21. The zero-order valence-electron chi connectivity index (χ0n) is 14.7. The van der Waals surface area contributed by atoms with Crippen LogP contribution in [0.3, 0.4) is 0 Å². The molecule has 26 heavy (non-hydrogen) atoms. The van der Waals surface area contributed by atoms with Crippen molar-refractivity contribution in [1.82, 2.24) is 4.90 Å². The zero-order chi connectivity index (χ0) is 18.9. The first-order valence-electron chi connectivity index (χ1n) is 8.36. The first-order chi connectivity index (χ1) is 12.5. The van der Waals surface area contributed by atoms with Crippen molar-refractivity contribution in [2.75, 3.05) is 20.2 Å². The van der Waals surface area contributed by atoms with Gasteiger partial charge in [0.05, 0.1) is 7.11 Å². The number of rotatable bonds is 9. The van der Waals surface area contributed by atoms with Crippen LogP contribution in [0.15, 0.2) is 48.5 Å². The van der Waals surface area contributed by atoms with Crippen LogP contribution in [0.5, 0.6) is 5.75 Å². The summed E-state index contributed by atoms with van der Waals surface area (Å²) in [6.07, 6.45) is 0.781. The van der Waals surface area contributed by atoms with E-state index in [1.165, 1.54) is 18.1 Å². The molecule has 0 saturated heterocycles. The third-order valence-corrected chi connectivity index (χ3v) is 4.06. The lowest BCUT2D eigenvalue weighted by molar-refractivity contribution is -0.144. The van der Waals surface area contributed by atoms with E-state index in [1.807, 2.05) is 30.3 Å². The normalized spacial score (nSPS) is 10.4. The van der Waals surface area contributed by atoms with Crippen LogP contribution in [0.25, 0.3) is 0 Å². The van der Waals surface area contributed by atoms with Crippen molar-refractivity contribution in [3.05, 3.63) is 65.5 Å². The molecule has 0 aliphatic heterocycles. The smallest absolute Gasteiger partial charge is 0.323 e. The topological polar surface area (TPSA) is 66.8 Å². The predicted octanol–water partition coefficient (Wildman–Crippen LogP) is 2.92. The second-order valence-electron chi connectivity index (χ2n) is 5.88. The minimum atomic E-state index is -1.07. The van der Waals surface area contributed by atoms with E-state index in [4.69, 9.17) is 9.84 Å². The number of carbonyl (C=O) groups is 2. The number of hydrogen-bond donors (Lipinski definition) is 1. The van der Waals surface area contributed by atoms with Crippen molar-refractivity contribution in [2.24, 2.45) is 0 Å². The fraction of sp³-hybridized carbons (Fsp3) is 0.300. The van der Waals surface area contributed by atoms with Gasteiger partial charge in [0.15, 0.2) is 11.6 Å². The van der Waals surface area contributed by atoms with E-state index < -0.39 is 11.8 Å². The molecule has 0 aromatic heterocycles. The molecule has 138 valence electrons. The monoisotopic (exact) mass is 359 g/mol. The fourth-order valence-electron chi connectivity index (χ4n) is 2.67. The molecule has 5 nitrogen and oxygen atoms in total. The Morgan fingerprint density at radius 2 is 1.81 bits per heavy atom. The number of ether oxygens (including phenoxy) is 1. The number of methoxy groups -OCH3 is 1. The average Bonchev–Trinajstić information content (AvgIpc) is 2.64. The Hall–Kier alpha value is -2.89.